The first-order valence-corrected chi connectivity index (χ1v) is 9.37. The van der Waals surface area contributed by atoms with Gasteiger partial charge >= 0.3 is 29.6 Å². The van der Waals surface area contributed by atoms with Crippen molar-refractivity contribution in [2.24, 2.45) is 0 Å². The van der Waals surface area contributed by atoms with Crippen LogP contribution in [-0.4, -0.2) is 13.0 Å². The van der Waals surface area contributed by atoms with E-state index in [1.807, 2.05) is 54.6 Å². The van der Waals surface area contributed by atoms with Gasteiger partial charge in [0.05, 0.1) is 0 Å². The topological polar surface area (TPSA) is 54.4 Å². The van der Waals surface area contributed by atoms with Crippen LogP contribution in [0, 0.1) is 0 Å². The first kappa shape index (κ1) is 20.1. The first-order valence-electron chi connectivity index (χ1n) is 7.93. The fourth-order valence-corrected chi connectivity index (χ4v) is 3.71. The van der Waals surface area contributed by atoms with Crippen LogP contribution in [0.25, 0.3) is 11.1 Å². The summed E-state index contributed by atoms with van der Waals surface area (Å²) in [6.07, 6.45) is 0.619. The number of hydrogen-bond donors (Lipinski definition) is 1. The maximum absolute atomic E-state index is 11.9. The third-order valence-electron chi connectivity index (χ3n) is 4.25. The Hall–Kier alpha value is -1.17. The molecule has 0 radical (unpaired) electrons. The van der Waals surface area contributed by atoms with Crippen molar-refractivity contribution in [1.82, 2.24) is 0 Å². The Balaban J connectivity index is 0.00000169. The van der Waals surface area contributed by atoms with E-state index in [9.17, 15) is 13.0 Å². The molecule has 2 aliphatic carbocycles. The maximum Gasteiger partial charge on any atom is 1.00 e. The molecule has 0 atom stereocenters. The molecule has 2 aliphatic rings. The molecule has 0 saturated carbocycles. The zero-order chi connectivity index (χ0) is 17.3. The average Bonchev–Trinajstić information content (AvgIpc) is 2.72. The van der Waals surface area contributed by atoms with Gasteiger partial charge in [0.1, 0.15) is 4.90 Å². The fraction of sp³-hybridized carbons (Fsp3) is 0.200. The Kier molecular flexibility index (Phi) is 6.46. The van der Waals surface area contributed by atoms with Gasteiger partial charge in [-0.15, -0.1) is 0 Å². The van der Waals surface area contributed by atoms with Crippen molar-refractivity contribution in [2.45, 2.75) is 31.1 Å². The van der Waals surface area contributed by atoms with Gasteiger partial charge < -0.3 is 1.43 Å². The number of benzene rings is 1. The molecule has 0 spiro atoms. The second kappa shape index (κ2) is 8.02. The Bertz CT molecular complexity index is 941. The largest absolute Gasteiger partial charge is 1.00 e. The van der Waals surface area contributed by atoms with Crippen LogP contribution in [0.2, 0.25) is 0 Å². The molecule has 0 heterocycles. The summed E-state index contributed by atoms with van der Waals surface area (Å²) in [6.45, 7) is 4.12. The summed E-state index contributed by atoms with van der Waals surface area (Å²) in [6, 6.07) is 19.2. The predicted molar refractivity (Wildman–Crippen MR) is 97.3 cm³/mol. The molecule has 3 nitrogen and oxygen atoms in total. The second-order valence-corrected chi connectivity index (χ2v) is 7.71. The summed E-state index contributed by atoms with van der Waals surface area (Å²) in [5.74, 6) is 0.266. The zero-order valence-electron chi connectivity index (χ0n) is 15.7. The van der Waals surface area contributed by atoms with Crippen LogP contribution in [-0.2, 0) is 16.5 Å². The van der Waals surface area contributed by atoms with E-state index in [0.29, 0.717) is 12.0 Å². The minimum Gasteiger partial charge on any atom is -1.00 e. The van der Waals surface area contributed by atoms with Gasteiger partial charge in [0.15, 0.2) is 0 Å². The molecular weight excluding hydrogens is 343 g/mol. The van der Waals surface area contributed by atoms with E-state index >= 15 is 0 Å². The quantitative estimate of drug-likeness (QED) is 0.568. The third kappa shape index (κ3) is 4.52. The molecule has 0 bridgehead atoms. The Morgan fingerprint density at radius 1 is 0.960 bits per heavy atom. The zero-order valence-corrected chi connectivity index (χ0v) is 17.5. The average molecular weight is 364 g/mol. The molecule has 0 amide bonds. The van der Waals surface area contributed by atoms with Crippen LogP contribution in [0.4, 0.5) is 0 Å². The summed E-state index contributed by atoms with van der Waals surface area (Å²) in [5.41, 5.74) is 4.47. The normalized spacial score (nSPS) is 11.5. The van der Waals surface area contributed by atoms with Crippen molar-refractivity contribution in [3.05, 3.63) is 77.4 Å². The molecule has 1 N–H and O–H groups in total. The smallest absolute Gasteiger partial charge is 1.00 e. The van der Waals surface area contributed by atoms with E-state index in [0.717, 1.165) is 22.3 Å². The minimum absolute atomic E-state index is 0. The molecule has 5 heteroatoms. The van der Waals surface area contributed by atoms with E-state index in [4.69, 9.17) is 0 Å². The van der Waals surface area contributed by atoms with Crippen molar-refractivity contribution in [3.8, 4) is 11.1 Å². The molecule has 1 aromatic carbocycles. The standard InChI is InChI=1S/C20H20O3S.Na.H/c1-14(2)16-9-6-10-18-17(11-15-7-4-3-5-8-15)13-20(19(18)12-16)24(21,22)23;;/h3-10,12-14H,11H2,1-2H3,(H,21,22,23);;/q;+1;-1. The summed E-state index contributed by atoms with van der Waals surface area (Å²) in [4.78, 5) is -0.0125. The van der Waals surface area contributed by atoms with E-state index in [1.54, 1.807) is 6.07 Å². The van der Waals surface area contributed by atoms with Crippen LogP contribution < -0.4 is 29.6 Å². The molecule has 126 valence electrons. The van der Waals surface area contributed by atoms with Crippen molar-refractivity contribution < 1.29 is 44.0 Å². The predicted octanol–water partition coefficient (Wildman–Crippen LogP) is 1.87. The van der Waals surface area contributed by atoms with Crippen LogP contribution in [0.1, 0.15) is 37.9 Å². The van der Waals surface area contributed by atoms with Gasteiger partial charge in [0.25, 0.3) is 10.1 Å². The van der Waals surface area contributed by atoms with Gasteiger partial charge in [-0.2, -0.15) is 8.42 Å². The van der Waals surface area contributed by atoms with Gasteiger partial charge in [-0.05, 0) is 46.7 Å². The first-order chi connectivity index (χ1) is 11.4. The summed E-state index contributed by atoms with van der Waals surface area (Å²) in [7, 11) is -4.27. The second-order valence-electron chi connectivity index (χ2n) is 6.32. The summed E-state index contributed by atoms with van der Waals surface area (Å²) in [5, 5.41) is 0. The number of fused-ring (bicyclic) bond motifs is 1. The van der Waals surface area contributed by atoms with E-state index in [-0.39, 0.29) is 41.8 Å². The Morgan fingerprint density at radius 3 is 2.24 bits per heavy atom. The van der Waals surface area contributed by atoms with Gasteiger partial charge in [-0.25, -0.2) is 0 Å². The fourth-order valence-electron chi connectivity index (χ4n) is 2.97. The third-order valence-corrected chi connectivity index (χ3v) is 5.15. The molecule has 0 aliphatic heterocycles. The van der Waals surface area contributed by atoms with Crippen molar-refractivity contribution in [1.29, 1.82) is 0 Å². The van der Waals surface area contributed by atoms with Gasteiger partial charge in [-0.3, -0.25) is 4.55 Å². The SMILES string of the molecule is CC(C)c1cccc2c(Cc3ccccc3)cc(S(=O)(=O)O)c-2c1.[H-].[Na+]. The summed E-state index contributed by atoms with van der Waals surface area (Å²) >= 11 is 0. The maximum atomic E-state index is 11.9. The summed E-state index contributed by atoms with van der Waals surface area (Å²) < 4.78 is 33.4. The molecule has 25 heavy (non-hydrogen) atoms. The van der Waals surface area contributed by atoms with Crippen LogP contribution in [0.3, 0.4) is 0 Å². The Morgan fingerprint density at radius 2 is 1.64 bits per heavy atom. The Labute approximate surface area is 173 Å². The van der Waals surface area contributed by atoms with Crippen molar-refractivity contribution in [2.75, 3.05) is 0 Å². The van der Waals surface area contributed by atoms with Crippen molar-refractivity contribution >= 4 is 10.1 Å². The van der Waals surface area contributed by atoms with Crippen LogP contribution in [0.5, 0.6) is 0 Å². The molecule has 0 aromatic heterocycles. The number of hydrogen-bond acceptors (Lipinski definition) is 2. The van der Waals surface area contributed by atoms with Crippen LogP contribution in [0.15, 0.2) is 65.6 Å². The van der Waals surface area contributed by atoms with Gasteiger partial charge in [0.2, 0.25) is 0 Å². The monoisotopic (exact) mass is 364 g/mol. The molecule has 0 unspecified atom stereocenters. The minimum atomic E-state index is -4.27. The molecule has 0 fully saturated rings. The van der Waals surface area contributed by atoms with E-state index in [2.05, 4.69) is 13.8 Å². The number of rotatable bonds is 4. The van der Waals surface area contributed by atoms with E-state index in [1.165, 1.54) is 0 Å². The van der Waals surface area contributed by atoms with Crippen molar-refractivity contribution in [3.63, 3.8) is 0 Å². The molecule has 0 saturated heterocycles. The van der Waals surface area contributed by atoms with Gasteiger partial charge in [-0.1, -0.05) is 62.4 Å². The van der Waals surface area contributed by atoms with Crippen LogP contribution >= 0.6 is 0 Å². The van der Waals surface area contributed by atoms with Gasteiger partial charge in [0, 0.05) is 5.56 Å². The van der Waals surface area contributed by atoms with E-state index < -0.39 is 10.1 Å². The molecule has 3 rings (SSSR count). The molecule has 1 aromatic rings. The molecular formula is C20H21NaO3S.